The summed E-state index contributed by atoms with van der Waals surface area (Å²) in [5, 5.41) is 13.2. The second-order valence-corrected chi connectivity index (χ2v) is 7.37. The second kappa shape index (κ2) is 6.19. The Kier molecular flexibility index (Phi) is 4.32. The van der Waals surface area contributed by atoms with Gasteiger partial charge in [0.25, 0.3) is 0 Å². The average Bonchev–Trinajstić information content (AvgIpc) is 2.93. The van der Waals surface area contributed by atoms with Gasteiger partial charge in [-0.3, -0.25) is 0 Å². The molecule has 2 aromatic rings. The lowest BCUT2D eigenvalue weighted by molar-refractivity contribution is 0.513. The predicted molar refractivity (Wildman–Crippen MR) is 85.4 cm³/mol. The number of nitriles is 1. The van der Waals surface area contributed by atoms with Crippen molar-refractivity contribution in [1.29, 1.82) is 5.26 Å². The van der Waals surface area contributed by atoms with E-state index in [9.17, 15) is 0 Å². The van der Waals surface area contributed by atoms with Crippen LogP contribution in [0.25, 0.3) is 0 Å². The van der Waals surface area contributed by atoms with Gasteiger partial charge in [-0.25, -0.2) is 0 Å². The third kappa shape index (κ3) is 3.02. The van der Waals surface area contributed by atoms with Crippen molar-refractivity contribution in [2.45, 2.75) is 23.9 Å². The van der Waals surface area contributed by atoms with Crippen LogP contribution in [-0.2, 0) is 6.54 Å². The normalized spacial score (nSPS) is 17.5. The molecule has 1 atom stereocenters. The van der Waals surface area contributed by atoms with Crippen LogP contribution >= 0.6 is 34.7 Å². The number of nitrogens with zero attached hydrogens (tertiary/aromatic N) is 1. The molecule has 1 aliphatic heterocycles. The molecule has 1 aromatic carbocycles. The quantitative estimate of drug-likeness (QED) is 0.897. The Bertz CT molecular complexity index is 660. The van der Waals surface area contributed by atoms with Gasteiger partial charge in [-0.15, -0.1) is 23.1 Å². The van der Waals surface area contributed by atoms with Gasteiger partial charge in [0.2, 0.25) is 0 Å². The fraction of sp³-hybridized carbons (Fsp3) is 0.267. The molecule has 20 heavy (non-hydrogen) atoms. The molecule has 0 amide bonds. The lowest BCUT2D eigenvalue weighted by Gasteiger charge is -2.26. The summed E-state index contributed by atoms with van der Waals surface area (Å²) in [6.07, 6.45) is 1.11. The van der Waals surface area contributed by atoms with Gasteiger partial charge in [-0.05, 0) is 48.1 Å². The van der Waals surface area contributed by atoms with Crippen LogP contribution in [0, 0.1) is 11.3 Å². The Hall–Kier alpha value is -0.990. The first-order chi connectivity index (χ1) is 9.76. The van der Waals surface area contributed by atoms with E-state index in [0.717, 1.165) is 28.6 Å². The number of nitrogens with one attached hydrogen (secondary N) is 1. The first-order valence-electron chi connectivity index (χ1n) is 6.41. The second-order valence-electron chi connectivity index (χ2n) is 4.63. The van der Waals surface area contributed by atoms with Crippen LogP contribution in [0.1, 0.15) is 27.8 Å². The van der Waals surface area contributed by atoms with Gasteiger partial charge in [0.15, 0.2) is 0 Å². The van der Waals surface area contributed by atoms with Gasteiger partial charge in [-0.2, -0.15) is 5.26 Å². The fourth-order valence-corrected chi connectivity index (χ4v) is 4.38. The Morgan fingerprint density at radius 3 is 3.05 bits per heavy atom. The molecule has 1 N–H and O–H groups in total. The summed E-state index contributed by atoms with van der Waals surface area (Å²) in [6, 6.07) is 12.5. The van der Waals surface area contributed by atoms with E-state index in [4.69, 9.17) is 16.9 Å². The number of halogens is 1. The zero-order chi connectivity index (χ0) is 13.9. The monoisotopic (exact) mass is 320 g/mol. The van der Waals surface area contributed by atoms with Crippen molar-refractivity contribution in [3.63, 3.8) is 0 Å². The highest BCUT2D eigenvalue weighted by atomic mass is 35.5. The minimum atomic E-state index is 0.345. The molecule has 0 fully saturated rings. The SMILES string of the molecule is N#Cc1ccc(CNC2CCSc3ccc(Cl)cc32)s1. The van der Waals surface area contributed by atoms with Crippen LogP contribution in [0.15, 0.2) is 35.2 Å². The molecule has 0 aliphatic carbocycles. The van der Waals surface area contributed by atoms with Crippen molar-refractivity contribution < 1.29 is 0 Å². The van der Waals surface area contributed by atoms with Crippen LogP contribution in [0.5, 0.6) is 0 Å². The molecule has 1 aromatic heterocycles. The molecule has 0 saturated carbocycles. The third-order valence-electron chi connectivity index (χ3n) is 3.31. The molecule has 0 bridgehead atoms. The van der Waals surface area contributed by atoms with Crippen LogP contribution in [-0.4, -0.2) is 5.75 Å². The van der Waals surface area contributed by atoms with Crippen molar-refractivity contribution >= 4 is 34.7 Å². The zero-order valence-electron chi connectivity index (χ0n) is 10.7. The van der Waals surface area contributed by atoms with Gasteiger partial charge in [0, 0.05) is 27.4 Å². The van der Waals surface area contributed by atoms with Crippen molar-refractivity contribution in [2.75, 3.05) is 5.75 Å². The molecular weight excluding hydrogens is 308 g/mol. The molecule has 102 valence electrons. The van der Waals surface area contributed by atoms with Gasteiger partial charge >= 0.3 is 0 Å². The Balaban J connectivity index is 1.73. The number of benzene rings is 1. The number of thioether (sulfide) groups is 1. The molecule has 2 nitrogen and oxygen atoms in total. The minimum Gasteiger partial charge on any atom is -0.305 e. The molecule has 1 aliphatic rings. The largest absolute Gasteiger partial charge is 0.305 e. The fourth-order valence-electron chi connectivity index (χ4n) is 2.33. The molecule has 3 rings (SSSR count). The van der Waals surface area contributed by atoms with Crippen LogP contribution in [0.4, 0.5) is 0 Å². The summed E-state index contributed by atoms with van der Waals surface area (Å²) in [6.45, 7) is 0.799. The Labute approximate surface area is 131 Å². The highest BCUT2D eigenvalue weighted by Gasteiger charge is 2.20. The Morgan fingerprint density at radius 2 is 2.25 bits per heavy atom. The lowest BCUT2D eigenvalue weighted by atomic mass is 10.0. The predicted octanol–water partition coefficient (Wildman–Crippen LogP) is 4.60. The van der Waals surface area contributed by atoms with E-state index in [-0.39, 0.29) is 0 Å². The smallest absolute Gasteiger partial charge is 0.110 e. The van der Waals surface area contributed by atoms with E-state index >= 15 is 0 Å². The summed E-state index contributed by atoms with van der Waals surface area (Å²) in [5.41, 5.74) is 1.30. The number of fused-ring (bicyclic) bond motifs is 1. The molecule has 1 unspecified atom stereocenters. The van der Waals surface area contributed by atoms with Crippen LogP contribution in [0.3, 0.4) is 0 Å². The average molecular weight is 321 g/mol. The van der Waals surface area contributed by atoms with Gasteiger partial charge in [-0.1, -0.05) is 11.6 Å². The van der Waals surface area contributed by atoms with Crippen molar-refractivity contribution in [1.82, 2.24) is 5.32 Å². The molecule has 0 radical (unpaired) electrons. The summed E-state index contributed by atoms with van der Waals surface area (Å²) in [4.78, 5) is 3.29. The molecular formula is C15H13ClN2S2. The zero-order valence-corrected chi connectivity index (χ0v) is 13.1. The molecule has 5 heteroatoms. The van der Waals surface area contributed by atoms with E-state index < -0.39 is 0 Å². The van der Waals surface area contributed by atoms with Crippen molar-refractivity contribution in [3.8, 4) is 6.07 Å². The highest BCUT2D eigenvalue weighted by molar-refractivity contribution is 7.99. The van der Waals surface area contributed by atoms with Gasteiger partial charge in [0.05, 0.1) is 0 Å². The summed E-state index contributed by atoms with van der Waals surface area (Å²) < 4.78 is 0. The summed E-state index contributed by atoms with van der Waals surface area (Å²) in [7, 11) is 0. The number of hydrogen-bond acceptors (Lipinski definition) is 4. The van der Waals surface area contributed by atoms with Crippen molar-refractivity contribution in [3.05, 3.63) is 50.7 Å². The van der Waals surface area contributed by atoms with E-state index in [1.54, 1.807) is 11.3 Å². The first-order valence-corrected chi connectivity index (χ1v) is 8.59. The summed E-state index contributed by atoms with van der Waals surface area (Å²) >= 11 is 9.55. The molecule has 0 saturated heterocycles. The van der Waals surface area contributed by atoms with E-state index in [1.807, 2.05) is 30.0 Å². The number of rotatable bonds is 3. The number of hydrogen-bond donors (Lipinski definition) is 1. The first kappa shape index (κ1) is 14.0. The standard InChI is InChI=1S/C15H13ClN2S2/c16-10-1-4-15-13(7-10)14(5-6-19-15)18-9-12-3-2-11(8-17)20-12/h1-4,7,14,18H,5-6,9H2. The third-order valence-corrected chi connectivity index (χ3v) is 5.65. The van der Waals surface area contributed by atoms with Crippen LogP contribution < -0.4 is 5.32 Å². The summed E-state index contributed by atoms with van der Waals surface area (Å²) in [5.74, 6) is 1.13. The van der Waals surface area contributed by atoms with E-state index in [1.165, 1.54) is 15.3 Å². The lowest BCUT2D eigenvalue weighted by Crippen LogP contribution is -2.23. The molecule has 0 spiro atoms. The maximum absolute atomic E-state index is 8.85. The van der Waals surface area contributed by atoms with E-state index in [0.29, 0.717) is 6.04 Å². The van der Waals surface area contributed by atoms with Gasteiger partial charge in [0.1, 0.15) is 10.9 Å². The van der Waals surface area contributed by atoms with E-state index in [2.05, 4.69) is 23.5 Å². The van der Waals surface area contributed by atoms with Crippen molar-refractivity contribution in [2.24, 2.45) is 0 Å². The van der Waals surface area contributed by atoms with Gasteiger partial charge < -0.3 is 5.32 Å². The topological polar surface area (TPSA) is 35.8 Å². The minimum absolute atomic E-state index is 0.345. The maximum Gasteiger partial charge on any atom is 0.110 e. The number of thiophene rings is 1. The Morgan fingerprint density at radius 1 is 1.35 bits per heavy atom. The maximum atomic E-state index is 8.85. The van der Waals surface area contributed by atoms with Crippen LogP contribution in [0.2, 0.25) is 5.02 Å². The highest BCUT2D eigenvalue weighted by Crippen LogP contribution is 2.37. The molecule has 2 heterocycles.